The van der Waals surface area contributed by atoms with Crippen LogP contribution in [0.3, 0.4) is 0 Å². The van der Waals surface area contributed by atoms with Crippen molar-refractivity contribution in [2.24, 2.45) is 11.8 Å². The molecule has 3 nitrogen and oxygen atoms in total. The van der Waals surface area contributed by atoms with Gasteiger partial charge >= 0.3 is 0 Å². The topological polar surface area (TPSA) is 42.0 Å². The molecule has 3 heteroatoms. The number of nitrogens with one attached hydrogen (secondary N) is 1. The predicted molar refractivity (Wildman–Crippen MR) is 77.9 cm³/mol. The van der Waals surface area contributed by atoms with Crippen LogP contribution >= 0.6 is 0 Å². The average molecular weight is 266 g/mol. The highest BCUT2D eigenvalue weighted by molar-refractivity contribution is 5.82. The van der Waals surface area contributed by atoms with Gasteiger partial charge in [-0.1, -0.05) is 37.3 Å². The molecule has 0 bridgehead atoms. The van der Waals surface area contributed by atoms with E-state index in [9.17, 15) is 4.79 Å². The van der Waals surface area contributed by atoms with Crippen molar-refractivity contribution in [1.82, 2.24) is 10.3 Å². The Hall–Kier alpha value is -2.16. The lowest BCUT2D eigenvalue weighted by atomic mass is 9.99. The van der Waals surface area contributed by atoms with E-state index in [1.165, 1.54) is 0 Å². The summed E-state index contributed by atoms with van der Waals surface area (Å²) >= 11 is 0. The predicted octanol–water partition coefficient (Wildman–Crippen LogP) is 2.94. The van der Waals surface area contributed by atoms with E-state index >= 15 is 0 Å². The SMILES string of the molecule is C[C@@H]1C[C@H]1C(=O)N[C@@H](c1ccccc1)c1ccncc1. The van der Waals surface area contributed by atoms with Gasteiger partial charge in [-0.15, -0.1) is 0 Å². The Bertz CT molecular complexity index is 543. The highest BCUT2D eigenvalue weighted by atomic mass is 16.2. The molecule has 0 spiro atoms. The zero-order valence-corrected chi connectivity index (χ0v) is 11.5. The number of hydrogen-bond donors (Lipinski definition) is 1. The number of carbonyl (C=O) groups excluding carboxylic acids is 1. The van der Waals surface area contributed by atoms with Gasteiger partial charge in [0.25, 0.3) is 0 Å². The van der Waals surface area contributed by atoms with Gasteiger partial charge in [0.15, 0.2) is 0 Å². The second-order valence-electron chi connectivity index (χ2n) is 5.45. The Morgan fingerprint density at radius 2 is 1.75 bits per heavy atom. The number of amides is 1. The maximum Gasteiger partial charge on any atom is 0.224 e. The Kier molecular flexibility index (Phi) is 3.50. The summed E-state index contributed by atoms with van der Waals surface area (Å²) in [5.41, 5.74) is 2.16. The Morgan fingerprint density at radius 3 is 2.35 bits per heavy atom. The van der Waals surface area contributed by atoms with Crippen molar-refractivity contribution in [2.75, 3.05) is 0 Å². The molecule has 1 N–H and O–H groups in total. The highest BCUT2D eigenvalue weighted by Crippen LogP contribution is 2.38. The van der Waals surface area contributed by atoms with Gasteiger partial charge < -0.3 is 5.32 Å². The third-order valence-corrected chi connectivity index (χ3v) is 3.91. The Labute approximate surface area is 119 Å². The van der Waals surface area contributed by atoms with Crippen molar-refractivity contribution in [2.45, 2.75) is 19.4 Å². The number of nitrogens with zero attached hydrogens (tertiary/aromatic N) is 1. The molecular formula is C17H18N2O. The molecule has 0 saturated heterocycles. The smallest absolute Gasteiger partial charge is 0.224 e. The molecule has 1 aliphatic carbocycles. The summed E-state index contributed by atoms with van der Waals surface area (Å²) in [6.45, 7) is 2.12. The highest BCUT2D eigenvalue weighted by Gasteiger charge is 2.39. The van der Waals surface area contributed by atoms with Gasteiger partial charge in [-0.3, -0.25) is 9.78 Å². The van der Waals surface area contributed by atoms with Crippen LogP contribution in [0.2, 0.25) is 0 Å². The number of benzene rings is 1. The second kappa shape index (κ2) is 5.45. The van der Waals surface area contributed by atoms with Crippen molar-refractivity contribution < 1.29 is 4.79 Å². The summed E-state index contributed by atoms with van der Waals surface area (Å²) in [7, 11) is 0. The standard InChI is InChI=1S/C17H18N2O/c1-12-11-15(12)17(20)19-16(13-5-3-2-4-6-13)14-7-9-18-10-8-14/h2-10,12,15-16H,11H2,1H3,(H,19,20)/t12-,15-,16+/m1/s1. The molecule has 3 atom stereocenters. The fourth-order valence-corrected chi connectivity index (χ4v) is 2.50. The number of pyridine rings is 1. The molecule has 102 valence electrons. The summed E-state index contributed by atoms with van der Waals surface area (Å²) in [6.07, 6.45) is 4.53. The van der Waals surface area contributed by atoms with E-state index in [1.807, 2.05) is 42.5 Å². The minimum absolute atomic E-state index is 0.0977. The van der Waals surface area contributed by atoms with E-state index in [0.29, 0.717) is 5.92 Å². The molecule has 1 fully saturated rings. The fraction of sp³-hybridized carbons (Fsp3) is 0.294. The minimum atomic E-state index is -0.0977. The van der Waals surface area contributed by atoms with Crippen molar-refractivity contribution in [1.29, 1.82) is 0 Å². The van der Waals surface area contributed by atoms with Crippen LogP contribution in [0.1, 0.15) is 30.5 Å². The number of aromatic nitrogens is 1. The minimum Gasteiger partial charge on any atom is -0.345 e. The van der Waals surface area contributed by atoms with Crippen LogP contribution in [0, 0.1) is 11.8 Å². The van der Waals surface area contributed by atoms with Gasteiger partial charge in [-0.25, -0.2) is 0 Å². The Morgan fingerprint density at radius 1 is 1.15 bits per heavy atom. The summed E-state index contributed by atoms with van der Waals surface area (Å²) in [5, 5.41) is 3.18. The number of carbonyl (C=O) groups is 1. The van der Waals surface area contributed by atoms with Crippen molar-refractivity contribution in [3.05, 3.63) is 66.0 Å². The fourth-order valence-electron chi connectivity index (χ4n) is 2.50. The molecule has 20 heavy (non-hydrogen) atoms. The molecule has 1 saturated carbocycles. The lowest BCUT2D eigenvalue weighted by molar-refractivity contribution is -0.123. The monoisotopic (exact) mass is 266 g/mol. The lowest BCUT2D eigenvalue weighted by Crippen LogP contribution is -2.30. The van der Waals surface area contributed by atoms with Gasteiger partial charge in [0.1, 0.15) is 0 Å². The van der Waals surface area contributed by atoms with E-state index in [4.69, 9.17) is 0 Å². The lowest BCUT2D eigenvalue weighted by Gasteiger charge is -2.19. The first-order valence-corrected chi connectivity index (χ1v) is 7.01. The van der Waals surface area contributed by atoms with Gasteiger partial charge in [-0.05, 0) is 35.6 Å². The van der Waals surface area contributed by atoms with Gasteiger partial charge in [0.2, 0.25) is 5.91 Å². The van der Waals surface area contributed by atoms with Crippen molar-refractivity contribution in [3.8, 4) is 0 Å². The van der Waals surface area contributed by atoms with Gasteiger partial charge in [0.05, 0.1) is 6.04 Å². The van der Waals surface area contributed by atoms with Crippen LogP contribution in [0.25, 0.3) is 0 Å². The van der Waals surface area contributed by atoms with Gasteiger partial charge in [-0.2, -0.15) is 0 Å². The molecule has 1 aromatic carbocycles. The van der Waals surface area contributed by atoms with E-state index < -0.39 is 0 Å². The summed E-state index contributed by atoms with van der Waals surface area (Å²) in [6, 6.07) is 13.9. The maximum absolute atomic E-state index is 12.2. The molecule has 3 rings (SSSR count). The summed E-state index contributed by atoms with van der Waals surface area (Å²) < 4.78 is 0. The van der Waals surface area contributed by atoms with E-state index in [2.05, 4.69) is 17.2 Å². The van der Waals surface area contributed by atoms with Crippen molar-refractivity contribution >= 4 is 5.91 Å². The zero-order chi connectivity index (χ0) is 13.9. The molecule has 0 radical (unpaired) electrons. The summed E-state index contributed by atoms with van der Waals surface area (Å²) in [5.74, 6) is 0.857. The Balaban J connectivity index is 1.86. The first-order chi connectivity index (χ1) is 9.75. The third-order valence-electron chi connectivity index (χ3n) is 3.91. The van der Waals surface area contributed by atoms with E-state index in [-0.39, 0.29) is 17.9 Å². The zero-order valence-electron chi connectivity index (χ0n) is 11.5. The van der Waals surface area contributed by atoms with Crippen LogP contribution in [-0.2, 0) is 4.79 Å². The van der Waals surface area contributed by atoms with E-state index in [1.54, 1.807) is 12.4 Å². The van der Waals surface area contributed by atoms with Crippen LogP contribution in [-0.4, -0.2) is 10.9 Å². The van der Waals surface area contributed by atoms with Crippen LogP contribution in [0.4, 0.5) is 0 Å². The average Bonchev–Trinajstić information content (AvgIpc) is 3.23. The quantitative estimate of drug-likeness (QED) is 0.924. The second-order valence-corrected chi connectivity index (χ2v) is 5.45. The first kappa shape index (κ1) is 12.9. The van der Waals surface area contributed by atoms with Crippen LogP contribution in [0.5, 0.6) is 0 Å². The summed E-state index contributed by atoms with van der Waals surface area (Å²) in [4.78, 5) is 16.3. The van der Waals surface area contributed by atoms with Crippen LogP contribution in [0.15, 0.2) is 54.9 Å². The molecule has 1 aromatic heterocycles. The molecule has 2 aromatic rings. The van der Waals surface area contributed by atoms with Crippen LogP contribution < -0.4 is 5.32 Å². The number of hydrogen-bond acceptors (Lipinski definition) is 2. The number of rotatable bonds is 4. The largest absolute Gasteiger partial charge is 0.345 e. The molecule has 1 amide bonds. The van der Waals surface area contributed by atoms with Gasteiger partial charge in [0, 0.05) is 18.3 Å². The molecule has 0 unspecified atom stereocenters. The van der Waals surface area contributed by atoms with E-state index in [0.717, 1.165) is 17.5 Å². The third kappa shape index (κ3) is 2.72. The molecule has 0 aliphatic heterocycles. The molecule has 1 heterocycles. The first-order valence-electron chi connectivity index (χ1n) is 7.01. The normalized spacial score (nSPS) is 22.1. The molecule has 1 aliphatic rings. The van der Waals surface area contributed by atoms with Crippen molar-refractivity contribution in [3.63, 3.8) is 0 Å². The maximum atomic E-state index is 12.2. The molecular weight excluding hydrogens is 248 g/mol.